The first-order valence-electron chi connectivity index (χ1n) is 7.71. The lowest BCUT2D eigenvalue weighted by atomic mass is 10.2. The van der Waals surface area contributed by atoms with Crippen LogP contribution in [0.1, 0.15) is 31.3 Å². The molecule has 1 atom stereocenters. The molecular weight excluding hydrogens is 332 g/mol. The Hall–Kier alpha value is -2.13. The van der Waals surface area contributed by atoms with E-state index in [9.17, 15) is 8.42 Å². The van der Waals surface area contributed by atoms with E-state index < -0.39 is 16.1 Å². The van der Waals surface area contributed by atoms with Crippen molar-refractivity contribution in [2.75, 3.05) is 13.7 Å². The van der Waals surface area contributed by atoms with Crippen LogP contribution in [0.4, 0.5) is 0 Å². The smallest absolute Gasteiger partial charge is 0.316 e. The molecule has 24 heavy (non-hydrogen) atoms. The molecule has 1 N–H and O–H groups in total. The first-order chi connectivity index (χ1) is 11.5. The number of sulfonamides is 1. The highest BCUT2D eigenvalue weighted by Gasteiger charge is 2.25. The Balaban J connectivity index is 1.85. The summed E-state index contributed by atoms with van der Waals surface area (Å²) in [5, 5.41) is 7.95. The van der Waals surface area contributed by atoms with Crippen molar-refractivity contribution in [2.24, 2.45) is 0 Å². The second-order valence-corrected chi connectivity index (χ2v) is 7.21. The molecule has 1 aromatic carbocycles. The summed E-state index contributed by atoms with van der Waals surface area (Å²) in [7, 11) is -2.18. The van der Waals surface area contributed by atoms with E-state index in [4.69, 9.17) is 9.47 Å². The van der Waals surface area contributed by atoms with Gasteiger partial charge in [-0.1, -0.05) is 5.10 Å². The Morgan fingerprint density at radius 2 is 2.21 bits per heavy atom. The van der Waals surface area contributed by atoms with E-state index in [1.165, 1.54) is 7.11 Å². The van der Waals surface area contributed by atoms with Gasteiger partial charge in [0.15, 0.2) is 5.82 Å². The zero-order valence-corrected chi connectivity index (χ0v) is 14.6. The Bertz CT molecular complexity index is 847. The minimum Gasteiger partial charge on any atom is -0.493 e. The van der Waals surface area contributed by atoms with Crippen LogP contribution in [0.25, 0.3) is 0 Å². The van der Waals surface area contributed by atoms with Crippen LogP contribution in [0.3, 0.4) is 0 Å². The lowest BCUT2D eigenvalue weighted by Gasteiger charge is -2.15. The Kier molecular flexibility index (Phi) is 4.46. The lowest BCUT2D eigenvalue weighted by Crippen LogP contribution is -2.29. The number of benzene rings is 1. The van der Waals surface area contributed by atoms with E-state index in [-0.39, 0.29) is 4.90 Å². The summed E-state index contributed by atoms with van der Waals surface area (Å²) in [5.41, 5.74) is 0.906. The Morgan fingerprint density at radius 3 is 2.92 bits per heavy atom. The number of nitrogens with zero attached hydrogens (tertiary/aromatic N) is 3. The molecule has 8 nitrogen and oxygen atoms in total. The van der Waals surface area contributed by atoms with E-state index in [0.717, 1.165) is 17.7 Å². The highest BCUT2D eigenvalue weighted by molar-refractivity contribution is 7.89. The maximum Gasteiger partial charge on any atom is 0.316 e. The molecule has 1 aromatic heterocycles. The fraction of sp³-hybridized carbons (Fsp3) is 0.467. The van der Waals surface area contributed by atoms with Gasteiger partial charge in [0.05, 0.1) is 24.7 Å². The van der Waals surface area contributed by atoms with Gasteiger partial charge >= 0.3 is 6.01 Å². The number of methoxy groups -OCH3 is 1. The van der Waals surface area contributed by atoms with Crippen molar-refractivity contribution >= 4 is 10.0 Å². The van der Waals surface area contributed by atoms with Gasteiger partial charge in [0.1, 0.15) is 5.75 Å². The summed E-state index contributed by atoms with van der Waals surface area (Å²) in [6, 6.07) is 4.70. The topological polar surface area (TPSA) is 95.3 Å². The highest BCUT2D eigenvalue weighted by Crippen LogP contribution is 2.28. The summed E-state index contributed by atoms with van der Waals surface area (Å²) in [5.74, 6) is 1.25. The Labute approximate surface area is 140 Å². The normalized spacial score (nSPS) is 15.0. The van der Waals surface area contributed by atoms with Crippen molar-refractivity contribution in [3.05, 3.63) is 29.6 Å². The van der Waals surface area contributed by atoms with Gasteiger partial charge in [-0.2, -0.15) is 0 Å². The molecule has 0 saturated heterocycles. The van der Waals surface area contributed by atoms with E-state index in [1.54, 1.807) is 29.7 Å². The fourth-order valence-corrected chi connectivity index (χ4v) is 4.00. The highest BCUT2D eigenvalue weighted by atomic mass is 32.2. The second-order valence-electron chi connectivity index (χ2n) is 5.50. The van der Waals surface area contributed by atoms with E-state index in [0.29, 0.717) is 25.0 Å². The van der Waals surface area contributed by atoms with Crippen LogP contribution < -0.4 is 14.2 Å². The van der Waals surface area contributed by atoms with Gasteiger partial charge in [-0.05, 0) is 37.6 Å². The monoisotopic (exact) mass is 352 g/mol. The third kappa shape index (κ3) is 2.96. The summed E-state index contributed by atoms with van der Waals surface area (Å²) in [4.78, 5) is 0.216. The molecular formula is C15H20N4O4S. The first kappa shape index (κ1) is 16.7. The van der Waals surface area contributed by atoms with Crippen LogP contribution in [-0.2, 0) is 23.0 Å². The van der Waals surface area contributed by atoms with Gasteiger partial charge < -0.3 is 9.47 Å². The van der Waals surface area contributed by atoms with Gasteiger partial charge in [0.2, 0.25) is 10.0 Å². The van der Waals surface area contributed by atoms with Crippen LogP contribution in [0.5, 0.6) is 11.8 Å². The van der Waals surface area contributed by atoms with Crippen molar-refractivity contribution in [2.45, 2.75) is 37.8 Å². The molecule has 0 fully saturated rings. The largest absolute Gasteiger partial charge is 0.493 e. The van der Waals surface area contributed by atoms with Gasteiger partial charge in [0, 0.05) is 13.0 Å². The molecule has 0 spiro atoms. The number of aromatic nitrogens is 3. The van der Waals surface area contributed by atoms with Crippen molar-refractivity contribution < 1.29 is 17.9 Å². The quantitative estimate of drug-likeness (QED) is 0.841. The molecule has 0 radical (unpaired) electrons. The molecule has 0 saturated carbocycles. The van der Waals surface area contributed by atoms with Crippen LogP contribution in [0.15, 0.2) is 23.1 Å². The molecule has 0 amide bonds. The van der Waals surface area contributed by atoms with E-state index in [1.807, 2.05) is 6.92 Å². The SMILES string of the molecule is CCn1c(OC)nnc1[C@@H](C)NS(=O)(=O)c1ccc2c(c1)CCO2. The molecule has 3 rings (SSSR count). The molecule has 9 heteroatoms. The third-order valence-corrected chi connectivity index (χ3v) is 5.47. The van der Waals surface area contributed by atoms with Crippen LogP contribution in [0, 0.1) is 0 Å². The number of hydrogen-bond acceptors (Lipinski definition) is 6. The molecule has 0 bridgehead atoms. The summed E-state index contributed by atoms with van der Waals surface area (Å²) >= 11 is 0. The fourth-order valence-electron chi connectivity index (χ4n) is 2.75. The van der Waals surface area contributed by atoms with E-state index in [2.05, 4.69) is 14.9 Å². The molecule has 0 unspecified atom stereocenters. The Morgan fingerprint density at radius 1 is 1.42 bits per heavy atom. The predicted molar refractivity (Wildman–Crippen MR) is 86.6 cm³/mol. The minimum absolute atomic E-state index is 0.216. The van der Waals surface area contributed by atoms with Crippen LogP contribution >= 0.6 is 0 Å². The van der Waals surface area contributed by atoms with E-state index >= 15 is 0 Å². The zero-order valence-electron chi connectivity index (χ0n) is 13.8. The second kappa shape index (κ2) is 6.40. The maximum atomic E-state index is 12.7. The third-order valence-electron chi connectivity index (χ3n) is 3.93. The number of nitrogens with one attached hydrogen (secondary N) is 1. The number of fused-ring (bicyclic) bond motifs is 1. The van der Waals surface area contributed by atoms with Crippen molar-refractivity contribution in [1.29, 1.82) is 0 Å². The minimum atomic E-state index is -3.68. The summed E-state index contributed by atoms with van der Waals surface area (Å²) in [6.45, 7) is 4.80. The number of rotatable bonds is 6. The molecule has 1 aliphatic heterocycles. The first-order valence-corrected chi connectivity index (χ1v) is 9.19. The van der Waals surface area contributed by atoms with Crippen molar-refractivity contribution in [1.82, 2.24) is 19.5 Å². The van der Waals surface area contributed by atoms with Crippen molar-refractivity contribution in [3.63, 3.8) is 0 Å². The molecule has 0 aliphatic carbocycles. The zero-order chi connectivity index (χ0) is 17.3. The number of hydrogen-bond donors (Lipinski definition) is 1. The molecule has 2 heterocycles. The standard InChI is InChI=1S/C15H20N4O4S/c1-4-19-14(16-17-15(19)22-3)10(2)18-24(20,21)12-5-6-13-11(9-12)7-8-23-13/h5-6,9-10,18H,4,7-8H2,1-3H3/t10-/m1/s1. The van der Waals surface area contributed by atoms with Gasteiger partial charge in [-0.3, -0.25) is 4.57 Å². The molecule has 1 aliphatic rings. The maximum absolute atomic E-state index is 12.7. The lowest BCUT2D eigenvalue weighted by molar-refractivity contribution is 0.354. The summed E-state index contributed by atoms with van der Waals surface area (Å²) in [6.07, 6.45) is 0.718. The average Bonchev–Trinajstić information content (AvgIpc) is 3.19. The predicted octanol–water partition coefficient (Wildman–Crippen LogP) is 1.28. The van der Waals surface area contributed by atoms with Crippen molar-refractivity contribution in [3.8, 4) is 11.8 Å². The number of ether oxygens (including phenoxy) is 2. The van der Waals surface area contributed by atoms with Crippen LogP contribution in [0.2, 0.25) is 0 Å². The van der Waals surface area contributed by atoms with Crippen LogP contribution in [-0.4, -0.2) is 36.9 Å². The molecule has 130 valence electrons. The summed E-state index contributed by atoms with van der Waals surface area (Å²) < 4.78 is 40.2. The average molecular weight is 352 g/mol. The molecule has 2 aromatic rings. The van der Waals surface area contributed by atoms with Gasteiger partial charge in [0.25, 0.3) is 0 Å². The van der Waals surface area contributed by atoms with Gasteiger partial charge in [-0.25, -0.2) is 13.1 Å². The van der Waals surface area contributed by atoms with Gasteiger partial charge in [-0.15, -0.1) is 5.10 Å².